The summed E-state index contributed by atoms with van der Waals surface area (Å²) in [6.07, 6.45) is 0. The summed E-state index contributed by atoms with van der Waals surface area (Å²) in [4.78, 5) is 10.4. The third kappa shape index (κ3) is 5.69. The van der Waals surface area contributed by atoms with E-state index < -0.39 is 22.9 Å². The van der Waals surface area contributed by atoms with E-state index in [-0.39, 0.29) is 10.6 Å². The molecule has 0 bridgehead atoms. The van der Waals surface area contributed by atoms with Crippen LogP contribution < -0.4 is 20.1 Å². The van der Waals surface area contributed by atoms with E-state index in [0.717, 1.165) is 11.1 Å². The van der Waals surface area contributed by atoms with Crippen molar-refractivity contribution in [3.8, 4) is 17.2 Å². The topological polar surface area (TPSA) is 110 Å². The monoisotopic (exact) mass is 552 g/mol. The molecule has 0 aliphatic heterocycles. The van der Waals surface area contributed by atoms with Crippen LogP contribution in [0, 0.1) is 6.92 Å². The van der Waals surface area contributed by atoms with Gasteiger partial charge in [0.1, 0.15) is 22.1 Å². The molecule has 0 aromatic heterocycles. The van der Waals surface area contributed by atoms with Crippen LogP contribution in [0.3, 0.4) is 0 Å². The predicted octanol–water partition coefficient (Wildman–Crippen LogP) is 5.59. The fraction of sp³-hybridized carbons (Fsp3) is 0.172. The molecule has 2 N–H and O–H groups in total. The second kappa shape index (κ2) is 10.4. The number of benzene rings is 4. The quantitative estimate of drug-likeness (QED) is 0.217. The highest BCUT2D eigenvalue weighted by molar-refractivity contribution is 7.86. The maximum absolute atomic E-state index is 13.0. The highest BCUT2D eigenvalue weighted by atomic mass is 32.2. The Hall–Kier alpha value is -3.42. The molecule has 0 aliphatic carbocycles. The Labute approximate surface area is 222 Å². The van der Waals surface area contributed by atoms with Gasteiger partial charge in [-0.25, -0.2) is 0 Å². The van der Waals surface area contributed by atoms with E-state index in [2.05, 4.69) is 0 Å². The zero-order valence-electron chi connectivity index (χ0n) is 21.5. The second-order valence-corrected chi connectivity index (χ2v) is 13.1. The number of methoxy groups -OCH3 is 1. The SMILES string of the molecule is COc1ccc(C(C)(C)c2ccc(Oc3ccc(P(=O)(O)c4ccc(C)cc4)cc3)cc2)cc1S(=O)(=O)O. The molecule has 4 aromatic rings. The van der Waals surface area contributed by atoms with Crippen molar-refractivity contribution in [1.29, 1.82) is 0 Å². The molecule has 0 fully saturated rings. The van der Waals surface area contributed by atoms with Crippen LogP contribution in [0.1, 0.15) is 30.5 Å². The van der Waals surface area contributed by atoms with Gasteiger partial charge in [-0.2, -0.15) is 8.42 Å². The molecule has 0 saturated carbocycles. The van der Waals surface area contributed by atoms with E-state index in [1.54, 1.807) is 54.6 Å². The third-order valence-corrected chi connectivity index (χ3v) is 9.42. The molecule has 0 amide bonds. The van der Waals surface area contributed by atoms with Gasteiger partial charge in [0.25, 0.3) is 17.5 Å². The summed E-state index contributed by atoms with van der Waals surface area (Å²) in [7, 11) is -6.83. The van der Waals surface area contributed by atoms with E-state index in [1.165, 1.54) is 19.2 Å². The highest BCUT2D eigenvalue weighted by Crippen LogP contribution is 2.39. The van der Waals surface area contributed by atoms with Gasteiger partial charge >= 0.3 is 0 Å². The van der Waals surface area contributed by atoms with E-state index in [4.69, 9.17) is 9.47 Å². The predicted molar refractivity (Wildman–Crippen MR) is 148 cm³/mol. The molecule has 0 heterocycles. The molecule has 4 aromatic carbocycles. The normalized spacial score (nSPS) is 13.5. The van der Waals surface area contributed by atoms with Gasteiger partial charge in [-0.3, -0.25) is 9.12 Å². The van der Waals surface area contributed by atoms with E-state index in [0.29, 0.717) is 27.7 Å². The zero-order valence-corrected chi connectivity index (χ0v) is 23.2. The van der Waals surface area contributed by atoms with Crippen molar-refractivity contribution < 1.29 is 31.9 Å². The molecule has 0 spiro atoms. The molecule has 198 valence electrons. The van der Waals surface area contributed by atoms with Crippen LogP contribution in [-0.2, 0) is 20.1 Å². The van der Waals surface area contributed by atoms with Crippen LogP contribution in [0.15, 0.2) is 95.9 Å². The first-order valence-electron chi connectivity index (χ1n) is 11.8. The lowest BCUT2D eigenvalue weighted by Gasteiger charge is -2.27. The molecule has 0 radical (unpaired) electrons. The van der Waals surface area contributed by atoms with E-state index in [1.807, 2.05) is 45.0 Å². The van der Waals surface area contributed by atoms with Crippen LogP contribution in [0.5, 0.6) is 17.2 Å². The van der Waals surface area contributed by atoms with Crippen molar-refractivity contribution in [2.24, 2.45) is 0 Å². The van der Waals surface area contributed by atoms with Crippen LogP contribution in [0.25, 0.3) is 0 Å². The highest BCUT2D eigenvalue weighted by Gasteiger charge is 2.27. The Morgan fingerprint density at radius 2 is 1.24 bits per heavy atom. The molecule has 1 atom stereocenters. The van der Waals surface area contributed by atoms with Crippen molar-refractivity contribution in [3.63, 3.8) is 0 Å². The molecule has 0 aliphatic rings. The third-order valence-electron chi connectivity index (χ3n) is 6.55. The number of hydrogen-bond acceptors (Lipinski definition) is 5. The Kier molecular flexibility index (Phi) is 7.55. The minimum atomic E-state index is -4.46. The molecule has 9 heteroatoms. The lowest BCUT2D eigenvalue weighted by Crippen LogP contribution is -2.19. The van der Waals surface area contributed by atoms with Crippen molar-refractivity contribution in [3.05, 3.63) is 108 Å². The average Bonchev–Trinajstić information content (AvgIpc) is 2.88. The summed E-state index contributed by atoms with van der Waals surface area (Å²) in [5.41, 5.74) is 1.99. The Morgan fingerprint density at radius 1 is 0.763 bits per heavy atom. The van der Waals surface area contributed by atoms with Gasteiger partial charge < -0.3 is 14.4 Å². The van der Waals surface area contributed by atoms with Gasteiger partial charge in [0.15, 0.2) is 0 Å². The van der Waals surface area contributed by atoms with Gasteiger partial charge in [0.05, 0.1) is 7.11 Å². The number of aryl methyl sites for hydroxylation is 1. The largest absolute Gasteiger partial charge is 0.495 e. The number of hydrogen-bond donors (Lipinski definition) is 2. The first kappa shape index (κ1) is 27.6. The fourth-order valence-corrected chi connectivity index (χ4v) is 6.21. The zero-order chi connectivity index (χ0) is 27.7. The standard InChI is InChI=1S/C29H29O7PS/c1-20-5-14-25(15-6-20)37(30,31)26-16-12-24(13-17-26)36-23-10-7-21(8-11-23)29(2,3)22-9-18-27(35-4)28(19-22)38(32,33)34/h5-19H,1-4H3,(H,30,31)(H,32,33,34). The maximum atomic E-state index is 13.0. The molecular weight excluding hydrogens is 523 g/mol. The minimum Gasteiger partial charge on any atom is -0.495 e. The summed E-state index contributed by atoms with van der Waals surface area (Å²) >= 11 is 0. The molecule has 38 heavy (non-hydrogen) atoms. The Morgan fingerprint density at radius 3 is 1.74 bits per heavy atom. The number of rotatable bonds is 8. The maximum Gasteiger partial charge on any atom is 0.298 e. The Bertz CT molecular complexity index is 1590. The molecule has 0 saturated heterocycles. The van der Waals surface area contributed by atoms with Gasteiger partial charge in [-0.05, 0) is 78.7 Å². The molecule has 1 unspecified atom stereocenters. The van der Waals surface area contributed by atoms with Crippen LogP contribution in [0.2, 0.25) is 0 Å². The fourth-order valence-electron chi connectivity index (χ4n) is 4.12. The van der Waals surface area contributed by atoms with Gasteiger partial charge in [0.2, 0.25) is 0 Å². The lowest BCUT2D eigenvalue weighted by atomic mass is 9.78. The van der Waals surface area contributed by atoms with Crippen molar-refractivity contribution >= 4 is 28.1 Å². The second-order valence-electron chi connectivity index (χ2n) is 9.50. The Balaban J connectivity index is 1.53. The van der Waals surface area contributed by atoms with Crippen molar-refractivity contribution in [2.75, 3.05) is 7.11 Å². The van der Waals surface area contributed by atoms with Crippen LogP contribution >= 0.6 is 7.37 Å². The summed E-state index contributed by atoms with van der Waals surface area (Å²) in [5.74, 6) is 1.15. The summed E-state index contributed by atoms with van der Waals surface area (Å²) in [5, 5.41) is 0.685. The van der Waals surface area contributed by atoms with Gasteiger partial charge in [0, 0.05) is 16.0 Å². The number of ether oxygens (including phenoxy) is 2. The van der Waals surface area contributed by atoms with Gasteiger partial charge in [-0.1, -0.05) is 49.7 Å². The lowest BCUT2D eigenvalue weighted by molar-refractivity contribution is 0.396. The van der Waals surface area contributed by atoms with Crippen LogP contribution in [-0.4, -0.2) is 25.0 Å². The first-order valence-corrected chi connectivity index (χ1v) is 14.9. The average molecular weight is 553 g/mol. The summed E-state index contributed by atoms with van der Waals surface area (Å²) < 4.78 is 57.3. The molecule has 7 nitrogen and oxygen atoms in total. The summed E-state index contributed by atoms with van der Waals surface area (Å²) in [6.45, 7) is 5.81. The van der Waals surface area contributed by atoms with E-state index >= 15 is 0 Å². The van der Waals surface area contributed by atoms with E-state index in [9.17, 15) is 22.4 Å². The van der Waals surface area contributed by atoms with Crippen LogP contribution in [0.4, 0.5) is 0 Å². The minimum absolute atomic E-state index is 0.0678. The van der Waals surface area contributed by atoms with Crippen molar-refractivity contribution in [2.45, 2.75) is 31.1 Å². The smallest absolute Gasteiger partial charge is 0.298 e. The van der Waals surface area contributed by atoms with Crippen molar-refractivity contribution in [1.82, 2.24) is 0 Å². The first-order chi connectivity index (χ1) is 17.8. The molecule has 4 rings (SSSR count). The van der Waals surface area contributed by atoms with Gasteiger partial charge in [-0.15, -0.1) is 0 Å². The molecular formula is C29H29O7PS. The summed E-state index contributed by atoms with van der Waals surface area (Å²) in [6, 6.07) is 25.5.